The van der Waals surface area contributed by atoms with Gasteiger partial charge in [-0.05, 0) is 42.1 Å². The number of carbonyl (C=O) groups is 1. The second-order valence-corrected chi connectivity index (χ2v) is 8.11. The lowest BCUT2D eigenvalue weighted by Crippen LogP contribution is -3.15. The first-order chi connectivity index (χ1) is 12.0. The number of piperazine rings is 1. The Morgan fingerprint density at radius 3 is 2.72 bits per heavy atom. The average molecular weight is 379 g/mol. The predicted molar refractivity (Wildman–Crippen MR) is 105 cm³/mol. The monoisotopic (exact) mass is 378 g/mol. The molecule has 1 aliphatic rings. The standard InChI is InChI=1S/C19H24ClN3OS/c1-15-6-11-25-18(15)13-21(2)19(24)14-22-7-9-23(10-8-22)17-5-3-4-16(20)12-17/h3-6,11-12H,7-10,13-14H2,1-2H3/p+1. The van der Waals surface area contributed by atoms with Gasteiger partial charge in [0.15, 0.2) is 6.54 Å². The Hall–Kier alpha value is -1.56. The number of nitrogens with one attached hydrogen (secondary N) is 1. The van der Waals surface area contributed by atoms with Crippen molar-refractivity contribution in [2.75, 3.05) is 44.7 Å². The van der Waals surface area contributed by atoms with Crippen LogP contribution in [-0.4, -0.2) is 50.6 Å². The highest BCUT2D eigenvalue weighted by molar-refractivity contribution is 7.10. The van der Waals surface area contributed by atoms with E-state index in [0.717, 1.165) is 31.2 Å². The zero-order valence-electron chi connectivity index (χ0n) is 14.8. The van der Waals surface area contributed by atoms with Crippen LogP contribution in [0.3, 0.4) is 0 Å². The smallest absolute Gasteiger partial charge is 0.277 e. The number of anilines is 1. The molecule has 6 heteroatoms. The minimum Gasteiger partial charge on any atom is -0.360 e. The fourth-order valence-corrected chi connectivity index (χ4v) is 4.29. The van der Waals surface area contributed by atoms with Gasteiger partial charge in [-0.1, -0.05) is 17.7 Å². The summed E-state index contributed by atoms with van der Waals surface area (Å²) in [5.74, 6) is 0.221. The van der Waals surface area contributed by atoms with Crippen LogP contribution in [0.15, 0.2) is 35.7 Å². The molecule has 0 radical (unpaired) electrons. The van der Waals surface area contributed by atoms with Crippen molar-refractivity contribution >= 4 is 34.5 Å². The Bertz CT molecular complexity index is 725. The number of halogens is 1. The third kappa shape index (κ3) is 4.75. The SMILES string of the molecule is Cc1ccsc1CN(C)C(=O)C[NH+]1CCN(c2cccc(Cl)c2)CC1. The van der Waals surface area contributed by atoms with E-state index in [-0.39, 0.29) is 5.91 Å². The first-order valence-electron chi connectivity index (χ1n) is 8.64. The summed E-state index contributed by atoms with van der Waals surface area (Å²) in [6, 6.07) is 10.1. The Kier molecular flexibility index (Phi) is 5.99. The first-order valence-corrected chi connectivity index (χ1v) is 9.89. The quantitative estimate of drug-likeness (QED) is 0.862. The Morgan fingerprint density at radius 1 is 1.32 bits per heavy atom. The zero-order chi connectivity index (χ0) is 17.8. The first kappa shape index (κ1) is 18.2. The van der Waals surface area contributed by atoms with E-state index in [0.29, 0.717) is 13.1 Å². The summed E-state index contributed by atoms with van der Waals surface area (Å²) in [6.45, 7) is 7.25. The van der Waals surface area contributed by atoms with E-state index in [2.05, 4.69) is 29.3 Å². The van der Waals surface area contributed by atoms with Gasteiger partial charge in [-0.2, -0.15) is 0 Å². The number of likely N-dealkylation sites (N-methyl/N-ethyl adjacent to an activating group) is 1. The lowest BCUT2D eigenvalue weighted by molar-refractivity contribution is -0.892. The topological polar surface area (TPSA) is 28.0 Å². The van der Waals surface area contributed by atoms with Crippen molar-refractivity contribution in [2.24, 2.45) is 0 Å². The Labute approximate surface area is 158 Å². The lowest BCUT2D eigenvalue weighted by atomic mass is 10.2. The number of benzene rings is 1. The highest BCUT2D eigenvalue weighted by atomic mass is 35.5. The summed E-state index contributed by atoms with van der Waals surface area (Å²) in [5, 5.41) is 2.86. The predicted octanol–water partition coefficient (Wildman–Crippen LogP) is 2.07. The van der Waals surface area contributed by atoms with Gasteiger partial charge < -0.3 is 14.7 Å². The minimum absolute atomic E-state index is 0.221. The second kappa shape index (κ2) is 8.21. The van der Waals surface area contributed by atoms with Crippen LogP contribution in [0.25, 0.3) is 0 Å². The maximum absolute atomic E-state index is 12.5. The van der Waals surface area contributed by atoms with Crippen molar-refractivity contribution in [3.05, 3.63) is 51.2 Å². The van der Waals surface area contributed by atoms with Crippen LogP contribution in [0.4, 0.5) is 5.69 Å². The maximum atomic E-state index is 12.5. The molecular weight excluding hydrogens is 354 g/mol. The number of rotatable bonds is 5. The van der Waals surface area contributed by atoms with Gasteiger partial charge in [0, 0.05) is 22.6 Å². The normalized spacial score (nSPS) is 15.4. The van der Waals surface area contributed by atoms with E-state index >= 15 is 0 Å². The summed E-state index contributed by atoms with van der Waals surface area (Å²) in [7, 11) is 1.91. The molecule has 0 spiro atoms. The van der Waals surface area contributed by atoms with E-state index < -0.39 is 0 Å². The third-order valence-corrected chi connectivity index (χ3v) is 6.06. The summed E-state index contributed by atoms with van der Waals surface area (Å²) in [4.78, 5) is 19.4. The molecule has 0 aliphatic carbocycles. The fraction of sp³-hybridized carbons (Fsp3) is 0.421. The number of hydrogen-bond donors (Lipinski definition) is 1. The highest BCUT2D eigenvalue weighted by Crippen LogP contribution is 2.19. The van der Waals surface area contributed by atoms with Crippen LogP contribution in [0.2, 0.25) is 5.02 Å². The van der Waals surface area contributed by atoms with Crippen molar-refractivity contribution in [1.82, 2.24) is 4.90 Å². The molecule has 1 saturated heterocycles. The molecule has 1 aliphatic heterocycles. The molecule has 3 rings (SSSR count). The number of quaternary nitrogens is 1. The van der Waals surface area contributed by atoms with Crippen molar-refractivity contribution in [3.63, 3.8) is 0 Å². The largest absolute Gasteiger partial charge is 0.360 e. The van der Waals surface area contributed by atoms with Gasteiger partial charge in [0.2, 0.25) is 0 Å². The summed E-state index contributed by atoms with van der Waals surface area (Å²) in [5.41, 5.74) is 2.44. The molecule has 4 nitrogen and oxygen atoms in total. The van der Waals surface area contributed by atoms with E-state index in [4.69, 9.17) is 11.6 Å². The number of hydrogen-bond acceptors (Lipinski definition) is 3. The van der Waals surface area contributed by atoms with E-state index in [1.807, 2.05) is 30.1 Å². The summed E-state index contributed by atoms with van der Waals surface area (Å²) < 4.78 is 0. The van der Waals surface area contributed by atoms with E-state index in [9.17, 15) is 4.79 Å². The highest BCUT2D eigenvalue weighted by Gasteiger charge is 2.24. The number of aryl methyl sites for hydroxylation is 1. The minimum atomic E-state index is 0.221. The Morgan fingerprint density at radius 2 is 2.08 bits per heavy atom. The van der Waals surface area contributed by atoms with Gasteiger partial charge in [-0.3, -0.25) is 4.79 Å². The molecule has 1 aromatic heterocycles. The maximum Gasteiger partial charge on any atom is 0.277 e. The molecule has 2 aromatic rings. The third-order valence-electron chi connectivity index (χ3n) is 4.82. The average Bonchev–Trinajstić information content (AvgIpc) is 3.00. The lowest BCUT2D eigenvalue weighted by Gasteiger charge is -2.34. The molecule has 1 amide bonds. The molecule has 134 valence electrons. The van der Waals surface area contributed by atoms with E-state index in [1.165, 1.54) is 21.0 Å². The van der Waals surface area contributed by atoms with Gasteiger partial charge in [-0.25, -0.2) is 0 Å². The number of amides is 1. The van der Waals surface area contributed by atoms with Gasteiger partial charge in [0.25, 0.3) is 5.91 Å². The van der Waals surface area contributed by atoms with Crippen molar-refractivity contribution in [2.45, 2.75) is 13.5 Å². The molecular formula is C19H25ClN3OS+. The molecule has 0 atom stereocenters. The van der Waals surface area contributed by atoms with Crippen molar-refractivity contribution < 1.29 is 9.69 Å². The zero-order valence-corrected chi connectivity index (χ0v) is 16.4. The van der Waals surface area contributed by atoms with Crippen molar-refractivity contribution in [3.8, 4) is 0 Å². The Balaban J connectivity index is 1.48. The van der Waals surface area contributed by atoms with Gasteiger partial charge in [0.05, 0.1) is 32.7 Å². The van der Waals surface area contributed by atoms with Crippen LogP contribution in [-0.2, 0) is 11.3 Å². The van der Waals surface area contributed by atoms with E-state index in [1.54, 1.807) is 11.3 Å². The molecule has 0 unspecified atom stereocenters. The van der Waals surface area contributed by atoms with Gasteiger partial charge in [0.1, 0.15) is 0 Å². The molecule has 0 bridgehead atoms. The van der Waals surface area contributed by atoms with Crippen LogP contribution >= 0.6 is 22.9 Å². The second-order valence-electron chi connectivity index (χ2n) is 6.67. The van der Waals surface area contributed by atoms with Gasteiger partial charge >= 0.3 is 0 Å². The van der Waals surface area contributed by atoms with Crippen LogP contribution in [0, 0.1) is 6.92 Å². The number of thiophene rings is 1. The molecule has 1 aromatic carbocycles. The summed E-state index contributed by atoms with van der Waals surface area (Å²) >= 11 is 7.81. The molecule has 0 saturated carbocycles. The fourth-order valence-electron chi connectivity index (χ4n) is 3.15. The molecule has 2 heterocycles. The molecule has 1 N–H and O–H groups in total. The van der Waals surface area contributed by atoms with Crippen molar-refractivity contribution in [1.29, 1.82) is 0 Å². The van der Waals surface area contributed by atoms with Crippen LogP contribution < -0.4 is 9.80 Å². The molecule has 25 heavy (non-hydrogen) atoms. The molecule has 1 fully saturated rings. The number of nitrogens with zero attached hydrogens (tertiary/aromatic N) is 2. The van der Waals surface area contributed by atoms with Gasteiger partial charge in [-0.15, -0.1) is 11.3 Å². The van der Waals surface area contributed by atoms with Crippen LogP contribution in [0.1, 0.15) is 10.4 Å². The van der Waals surface area contributed by atoms with Crippen LogP contribution in [0.5, 0.6) is 0 Å². The summed E-state index contributed by atoms with van der Waals surface area (Å²) in [6.07, 6.45) is 0. The number of carbonyl (C=O) groups excluding carboxylic acids is 1.